The van der Waals surface area contributed by atoms with E-state index in [0.29, 0.717) is 37.5 Å². The summed E-state index contributed by atoms with van der Waals surface area (Å²) in [7, 11) is 1.62. The molecular weight excluding hydrogens is 554 g/mol. The lowest BCUT2D eigenvalue weighted by Gasteiger charge is -2.49. The maximum atomic E-state index is 14.1. The van der Waals surface area contributed by atoms with Gasteiger partial charge in [-0.25, -0.2) is 0 Å². The highest BCUT2D eigenvalue weighted by Crippen LogP contribution is 2.55. The largest absolute Gasteiger partial charge is 0.493 e. The fourth-order valence-corrected chi connectivity index (χ4v) is 7.10. The molecule has 2 aromatic carbocycles. The Labute approximate surface area is 240 Å². The van der Waals surface area contributed by atoms with E-state index in [2.05, 4.69) is 60.7 Å². The van der Waals surface area contributed by atoms with Crippen LogP contribution in [0, 0.1) is 10.8 Å². The highest BCUT2D eigenvalue weighted by atomic mass is 79.9. The minimum Gasteiger partial charge on any atom is -0.493 e. The van der Waals surface area contributed by atoms with E-state index in [1.807, 2.05) is 37.3 Å². The molecule has 39 heavy (non-hydrogen) atoms. The summed E-state index contributed by atoms with van der Waals surface area (Å²) in [5, 5.41) is 0. The Bertz CT molecular complexity index is 1330. The quantitative estimate of drug-likeness (QED) is 0.344. The molecule has 0 atom stereocenters. The van der Waals surface area contributed by atoms with Gasteiger partial charge in [-0.15, -0.1) is 0 Å². The number of nitrogens with zero attached hydrogens (tertiary/aromatic N) is 1. The lowest BCUT2D eigenvalue weighted by atomic mass is 9.63. The highest BCUT2D eigenvalue weighted by Gasteiger charge is 2.49. The SMILES string of the molecule is CCOc1c(Br)cc(C2C3=C(CC(C)(C)CC3=O)N(Cc3ccccc3)C3=C2C(=O)CC(C)(C)C3)cc1OC. The zero-order chi connectivity index (χ0) is 28.1. The first-order valence-electron chi connectivity index (χ1n) is 13.8. The summed E-state index contributed by atoms with van der Waals surface area (Å²) >= 11 is 3.69. The molecule has 2 aromatic rings. The molecule has 5 nitrogen and oxygen atoms in total. The highest BCUT2D eigenvalue weighted by molar-refractivity contribution is 9.10. The molecule has 0 aromatic heterocycles. The molecule has 2 aliphatic carbocycles. The predicted molar refractivity (Wildman–Crippen MR) is 157 cm³/mol. The summed E-state index contributed by atoms with van der Waals surface area (Å²) in [6.45, 7) is 11.7. The molecule has 0 N–H and O–H groups in total. The monoisotopic (exact) mass is 591 g/mol. The molecule has 1 heterocycles. The lowest BCUT2D eigenvalue weighted by Crippen LogP contribution is -2.44. The van der Waals surface area contributed by atoms with Gasteiger partial charge >= 0.3 is 0 Å². The molecule has 0 fully saturated rings. The molecule has 206 valence electrons. The van der Waals surface area contributed by atoms with E-state index >= 15 is 0 Å². The lowest BCUT2D eigenvalue weighted by molar-refractivity contribution is -0.119. The van der Waals surface area contributed by atoms with Gasteiger partial charge in [0, 0.05) is 47.8 Å². The first kappa shape index (κ1) is 27.7. The van der Waals surface area contributed by atoms with Crippen LogP contribution in [0.3, 0.4) is 0 Å². The van der Waals surface area contributed by atoms with Crippen molar-refractivity contribution in [3.63, 3.8) is 0 Å². The molecule has 1 aliphatic heterocycles. The van der Waals surface area contributed by atoms with Gasteiger partial charge in [0.2, 0.25) is 0 Å². The number of carbonyl (C=O) groups is 2. The Kier molecular flexibility index (Phi) is 7.30. The van der Waals surface area contributed by atoms with Crippen LogP contribution in [0.1, 0.15) is 77.3 Å². The van der Waals surface area contributed by atoms with E-state index in [1.165, 1.54) is 0 Å². The van der Waals surface area contributed by atoms with Crippen LogP contribution in [0.4, 0.5) is 0 Å². The summed E-state index contributed by atoms with van der Waals surface area (Å²) in [5.41, 5.74) is 5.33. The van der Waals surface area contributed by atoms with Crippen LogP contribution in [-0.2, 0) is 16.1 Å². The van der Waals surface area contributed by atoms with Crippen LogP contribution in [0.15, 0.2) is 69.5 Å². The maximum absolute atomic E-state index is 14.1. The van der Waals surface area contributed by atoms with E-state index < -0.39 is 5.92 Å². The minimum atomic E-state index is -0.435. The van der Waals surface area contributed by atoms with Crippen molar-refractivity contribution in [1.29, 1.82) is 0 Å². The van der Waals surface area contributed by atoms with Gasteiger partial charge in [0.25, 0.3) is 0 Å². The molecule has 0 saturated carbocycles. The van der Waals surface area contributed by atoms with E-state index in [9.17, 15) is 9.59 Å². The zero-order valence-electron chi connectivity index (χ0n) is 23.8. The average molecular weight is 593 g/mol. The van der Waals surface area contributed by atoms with Crippen molar-refractivity contribution in [3.05, 3.63) is 80.6 Å². The number of Topliss-reactive ketones (excluding diaryl/α,β-unsaturated/α-hetero) is 2. The average Bonchev–Trinajstić information content (AvgIpc) is 2.85. The first-order chi connectivity index (χ1) is 18.4. The van der Waals surface area contributed by atoms with Crippen molar-refractivity contribution >= 4 is 27.5 Å². The fourth-order valence-electron chi connectivity index (χ4n) is 6.53. The Morgan fingerprint density at radius 3 is 1.97 bits per heavy atom. The van der Waals surface area contributed by atoms with Gasteiger partial charge in [-0.3, -0.25) is 9.59 Å². The number of hydrogen-bond acceptors (Lipinski definition) is 5. The number of methoxy groups -OCH3 is 1. The van der Waals surface area contributed by atoms with Crippen LogP contribution in [0.5, 0.6) is 11.5 Å². The Hall–Kier alpha value is -2.86. The maximum Gasteiger partial charge on any atom is 0.175 e. The predicted octanol–water partition coefficient (Wildman–Crippen LogP) is 7.74. The summed E-state index contributed by atoms with van der Waals surface area (Å²) < 4.78 is 12.3. The third-order valence-electron chi connectivity index (χ3n) is 8.08. The van der Waals surface area contributed by atoms with Gasteiger partial charge in [0.15, 0.2) is 23.1 Å². The summed E-state index contributed by atoms with van der Waals surface area (Å²) in [5.74, 6) is 1.02. The van der Waals surface area contributed by atoms with Gasteiger partial charge in [-0.1, -0.05) is 58.0 Å². The Balaban J connectivity index is 1.78. The zero-order valence-corrected chi connectivity index (χ0v) is 25.4. The molecule has 0 saturated heterocycles. The van der Waals surface area contributed by atoms with Gasteiger partial charge in [-0.05, 0) is 69.8 Å². The van der Waals surface area contributed by atoms with Crippen LogP contribution in [-0.4, -0.2) is 30.2 Å². The van der Waals surface area contributed by atoms with Gasteiger partial charge in [-0.2, -0.15) is 0 Å². The second-order valence-corrected chi connectivity index (χ2v) is 13.4. The number of rotatable bonds is 6. The number of ketones is 2. The van der Waals surface area contributed by atoms with Crippen molar-refractivity contribution in [2.24, 2.45) is 10.8 Å². The third-order valence-corrected chi connectivity index (χ3v) is 8.67. The van der Waals surface area contributed by atoms with E-state index in [-0.39, 0.29) is 22.4 Å². The van der Waals surface area contributed by atoms with Gasteiger partial charge in [0.05, 0.1) is 18.2 Å². The van der Waals surface area contributed by atoms with Gasteiger partial charge in [0.1, 0.15) is 0 Å². The molecule has 0 unspecified atom stereocenters. The van der Waals surface area contributed by atoms with Crippen LogP contribution in [0.2, 0.25) is 0 Å². The van der Waals surface area contributed by atoms with Crippen molar-refractivity contribution in [1.82, 2.24) is 4.90 Å². The smallest absolute Gasteiger partial charge is 0.175 e. The van der Waals surface area contributed by atoms with Gasteiger partial charge < -0.3 is 14.4 Å². The number of hydrogen-bond donors (Lipinski definition) is 0. The van der Waals surface area contributed by atoms with Crippen LogP contribution < -0.4 is 9.47 Å². The summed E-state index contributed by atoms with van der Waals surface area (Å²) in [6, 6.07) is 14.3. The molecule has 0 amide bonds. The van der Waals surface area contributed by atoms with Crippen molar-refractivity contribution in [3.8, 4) is 11.5 Å². The summed E-state index contributed by atoms with van der Waals surface area (Å²) in [4.78, 5) is 30.4. The molecule has 0 bridgehead atoms. The van der Waals surface area contributed by atoms with E-state index in [4.69, 9.17) is 9.47 Å². The van der Waals surface area contributed by atoms with E-state index in [0.717, 1.165) is 51.0 Å². The Morgan fingerprint density at radius 2 is 1.46 bits per heavy atom. The number of allylic oxidation sites excluding steroid dienone is 4. The van der Waals surface area contributed by atoms with Crippen LogP contribution in [0.25, 0.3) is 0 Å². The second-order valence-electron chi connectivity index (χ2n) is 12.6. The van der Waals surface area contributed by atoms with Crippen molar-refractivity contribution in [2.75, 3.05) is 13.7 Å². The number of carbonyl (C=O) groups excluding carboxylic acids is 2. The normalized spacial score (nSPS) is 20.6. The summed E-state index contributed by atoms with van der Waals surface area (Å²) in [6.07, 6.45) is 2.47. The topological polar surface area (TPSA) is 55.8 Å². The fraction of sp³-hybridized carbons (Fsp3) is 0.455. The standard InChI is InChI=1S/C33H38BrNO4/c1-7-39-31-22(34)13-21(14-27(31)38-6)28-29-23(15-32(2,3)17-25(29)36)35(19-20-11-9-8-10-12-20)24-16-33(4,5)18-26(37)30(24)28/h8-14,28H,7,15-19H2,1-6H3. The molecule has 0 radical (unpaired) electrons. The molecular formula is C33H38BrNO4. The Morgan fingerprint density at radius 1 is 0.897 bits per heavy atom. The second kappa shape index (κ2) is 10.3. The first-order valence-corrected chi connectivity index (χ1v) is 14.6. The third kappa shape index (κ3) is 5.20. The molecule has 3 aliphatic rings. The number of ether oxygens (including phenoxy) is 2. The van der Waals surface area contributed by atoms with Crippen LogP contribution >= 0.6 is 15.9 Å². The number of benzene rings is 2. The van der Waals surface area contributed by atoms with Crippen molar-refractivity contribution < 1.29 is 19.1 Å². The molecule has 0 spiro atoms. The number of halogens is 1. The minimum absolute atomic E-state index is 0.123. The van der Waals surface area contributed by atoms with E-state index in [1.54, 1.807) is 7.11 Å². The molecule has 5 rings (SSSR count). The van der Waals surface area contributed by atoms with Crippen molar-refractivity contribution in [2.45, 2.75) is 72.8 Å². The molecule has 6 heteroatoms.